The van der Waals surface area contributed by atoms with Crippen LogP contribution < -0.4 is 4.74 Å². The van der Waals surface area contributed by atoms with Gasteiger partial charge in [0.2, 0.25) is 15.9 Å². The lowest BCUT2D eigenvalue weighted by atomic mass is 10.3. The number of rotatable bonds is 5. The fourth-order valence-electron chi connectivity index (χ4n) is 1.40. The summed E-state index contributed by atoms with van der Waals surface area (Å²) < 4.78 is 31.3. The first-order valence-corrected chi connectivity index (χ1v) is 7.93. The Morgan fingerprint density at radius 3 is 2.35 bits per heavy atom. The van der Waals surface area contributed by atoms with Crippen molar-refractivity contribution in [1.29, 1.82) is 0 Å². The van der Waals surface area contributed by atoms with Crippen LogP contribution in [-0.2, 0) is 14.8 Å². The highest BCUT2D eigenvalue weighted by Crippen LogP contribution is 2.28. The molecule has 1 amide bonds. The van der Waals surface area contributed by atoms with Gasteiger partial charge in [-0.3, -0.25) is 4.79 Å². The molecule has 112 valence electrons. The number of hydrogen-bond donors (Lipinski definition) is 0. The maximum absolute atomic E-state index is 12.3. The van der Waals surface area contributed by atoms with Crippen LogP contribution in [0.15, 0.2) is 27.6 Å². The van der Waals surface area contributed by atoms with Gasteiger partial charge in [-0.05, 0) is 34.1 Å². The molecule has 0 aliphatic heterocycles. The van der Waals surface area contributed by atoms with Crippen molar-refractivity contribution in [3.63, 3.8) is 0 Å². The number of sulfonamides is 1. The number of nitrogens with zero attached hydrogens (tertiary/aromatic N) is 2. The summed E-state index contributed by atoms with van der Waals surface area (Å²) >= 11 is 3.24. The molecule has 0 radical (unpaired) electrons. The summed E-state index contributed by atoms with van der Waals surface area (Å²) in [6, 6.07) is 4.44. The lowest BCUT2D eigenvalue weighted by Gasteiger charge is -2.19. The van der Waals surface area contributed by atoms with E-state index in [0.717, 1.165) is 4.31 Å². The van der Waals surface area contributed by atoms with E-state index in [-0.39, 0.29) is 17.3 Å². The van der Waals surface area contributed by atoms with Crippen molar-refractivity contribution in [2.45, 2.75) is 4.90 Å². The number of hydrogen-bond acceptors (Lipinski definition) is 4. The maximum Gasteiger partial charge on any atom is 0.243 e. The van der Waals surface area contributed by atoms with Crippen LogP contribution in [0.2, 0.25) is 0 Å². The molecule has 0 bridgehead atoms. The molecule has 20 heavy (non-hydrogen) atoms. The zero-order chi connectivity index (χ0) is 15.5. The number of amides is 1. The van der Waals surface area contributed by atoms with E-state index in [0.29, 0.717) is 10.2 Å². The van der Waals surface area contributed by atoms with Gasteiger partial charge < -0.3 is 9.64 Å². The topological polar surface area (TPSA) is 66.9 Å². The molecule has 0 saturated carbocycles. The number of likely N-dealkylation sites (N-methyl/N-ethyl adjacent to an activating group) is 2. The van der Waals surface area contributed by atoms with Crippen LogP contribution >= 0.6 is 15.9 Å². The van der Waals surface area contributed by atoms with Gasteiger partial charge in [0.1, 0.15) is 5.75 Å². The zero-order valence-corrected chi connectivity index (χ0v) is 14.2. The lowest BCUT2D eigenvalue weighted by molar-refractivity contribution is -0.128. The van der Waals surface area contributed by atoms with Gasteiger partial charge in [0.25, 0.3) is 0 Å². The SMILES string of the molecule is COc1ccc(S(=O)(=O)N(C)CC(=O)N(C)C)cc1Br. The second-order valence-corrected chi connectivity index (χ2v) is 7.24. The Bertz CT molecular complexity index is 601. The van der Waals surface area contributed by atoms with Gasteiger partial charge in [0, 0.05) is 21.1 Å². The molecule has 0 unspecified atom stereocenters. The highest BCUT2D eigenvalue weighted by molar-refractivity contribution is 9.10. The average molecular weight is 365 g/mol. The first-order chi connectivity index (χ1) is 9.20. The van der Waals surface area contributed by atoms with E-state index in [9.17, 15) is 13.2 Å². The van der Waals surface area contributed by atoms with Gasteiger partial charge in [0.15, 0.2) is 0 Å². The summed E-state index contributed by atoms with van der Waals surface area (Å²) in [6.07, 6.45) is 0. The van der Waals surface area contributed by atoms with Crippen molar-refractivity contribution < 1.29 is 17.9 Å². The molecule has 0 heterocycles. The fourth-order valence-corrected chi connectivity index (χ4v) is 3.24. The largest absolute Gasteiger partial charge is 0.496 e. The van der Waals surface area contributed by atoms with Crippen molar-refractivity contribution >= 4 is 31.9 Å². The molecular weight excluding hydrogens is 348 g/mol. The molecule has 6 nitrogen and oxygen atoms in total. The number of ether oxygens (including phenoxy) is 1. The Hall–Kier alpha value is -1.12. The molecule has 0 spiro atoms. The van der Waals surface area contributed by atoms with E-state index in [2.05, 4.69) is 15.9 Å². The minimum Gasteiger partial charge on any atom is -0.496 e. The number of halogens is 1. The number of carbonyl (C=O) groups excluding carboxylic acids is 1. The van der Waals surface area contributed by atoms with Crippen LogP contribution in [-0.4, -0.2) is 58.3 Å². The van der Waals surface area contributed by atoms with E-state index in [1.165, 1.54) is 31.2 Å². The van der Waals surface area contributed by atoms with Gasteiger partial charge in [-0.25, -0.2) is 8.42 Å². The van der Waals surface area contributed by atoms with Crippen LogP contribution in [0.25, 0.3) is 0 Å². The number of methoxy groups -OCH3 is 1. The number of benzene rings is 1. The van der Waals surface area contributed by atoms with E-state index >= 15 is 0 Å². The zero-order valence-electron chi connectivity index (χ0n) is 11.8. The van der Waals surface area contributed by atoms with Gasteiger partial charge >= 0.3 is 0 Å². The Kier molecular flexibility index (Phi) is 5.55. The molecule has 8 heteroatoms. The average Bonchev–Trinajstić information content (AvgIpc) is 2.38. The standard InChI is InChI=1S/C12H17BrN2O4S/c1-14(2)12(16)8-15(3)20(17,18)9-5-6-11(19-4)10(13)7-9/h5-7H,8H2,1-4H3. The number of carbonyl (C=O) groups is 1. The molecule has 1 aromatic carbocycles. The second-order valence-electron chi connectivity index (χ2n) is 4.35. The van der Waals surface area contributed by atoms with Crippen molar-refractivity contribution in [2.75, 3.05) is 34.8 Å². The predicted molar refractivity (Wildman–Crippen MR) is 79.2 cm³/mol. The van der Waals surface area contributed by atoms with Crippen molar-refractivity contribution in [3.05, 3.63) is 22.7 Å². The minimum atomic E-state index is -3.71. The molecular formula is C12H17BrN2O4S. The Labute approximate surface area is 127 Å². The molecule has 0 saturated heterocycles. The molecule has 0 N–H and O–H groups in total. The van der Waals surface area contributed by atoms with Crippen molar-refractivity contribution in [1.82, 2.24) is 9.21 Å². The van der Waals surface area contributed by atoms with Gasteiger partial charge in [-0.15, -0.1) is 0 Å². The van der Waals surface area contributed by atoms with Crippen LogP contribution in [0, 0.1) is 0 Å². The summed E-state index contributed by atoms with van der Waals surface area (Å²) in [5.74, 6) is 0.250. The first-order valence-electron chi connectivity index (χ1n) is 5.70. The van der Waals surface area contributed by atoms with E-state index in [1.54, 1.807) is 20.2 Å². The molecule has 1 rings (SSSR count). The summed E-state index contributed by atoms with van der Waals surface area (Å²) in [5, 5.41) is 0. The highest BCUT2D eigenvalue weighted by atomic mass is 79.9. The smallest absolute Gasteiger partial charge is 0.243 e. The summed E-state index contributed by atoms with van der Waals surface area (Å²) in [7, 11) is 2.30. The van der Waals surface area contributed by atoms with Crippen LogP contribution in [0.3, 0.4) is 0 Å². The molecule has 1 aromatic rings. The lowest BCUT2D eigenvalue weighted by Crippen LogP contribution is -2.37. The van der Waals surface area contributed by atoms with Crippen molar-refractivity contribution in [2.24, 2.45) is 0 Å². The Morgan fingerprint density at radius 1 is 1.30 bits per heavy atom. The molecule has 0 aromatic heterocycles. The van der Waals surface area contributed by atoms with Crippen LogP contribution in [0.1, 0.15) is 0 Å². The fraction of sp³-hybridized carbons (Fsp3) is 0.417. The summed E-state index contributed by atoms with van der Waals surface area (Å²) in [6.45, 7) is -0.209. The predicted octanol–water partition coefficient (Wildman–Crippen LogP) is 1.17. The highest BCUT2D eigenvalue weighted by Gasteiger charge is 2.24. The second kappa shape index (κ2) is 6.55. The Balaban J connectivity index is 3.04. The Morgan fingerprint density at radius 2 is 1.90 bits per heavy atom. The van der Waals surface area contributed by atoms with Crippen molar-refractivity contribution in [3.8, 4) is 5.75 Å². The molecule has 0 atom stereocenters. The van der Waals surface area contributed by atoms with Gasteiger partial charge in [-0.1, -0.05) is 0 Å². The maximum atomic E-state index is 12.3. The normalized spacial score (nSPS) is 11.5. The monoisotopic (exact) mass is 364 g/mol. The van der Waals surface area contributed by atoms with Gasteiger partial charge in [0.05, 0.1) is 23.0 Å². The minimum absolute atomic E-state index is 0.0965. The van der Waals surface area contributed by atoms with E-state index < -0.39 is 10.0 Å². The molecule has 0 aliphatic rings. The molecule has 0 fully saturated rings. The van der Waals surface area contributed by atoms with Crippen LogP contribution in [0.5, 0.6) is 5.75 Å². The van der Waals surface area contributed by atoms with Gasteiger partial charge in [-0.2, -0.15) is 4.31 Å². The van der Waals surface area contributed by atoms with E-state index in [1.807, 2.05) is 0 Å². The summed E-state index contributed by atoms with van der Waals surface area (Å²) in [5.41, 5.74) is 0. The molecule has 0 aliphatic carbocycles. The third-order valence-corrected chi connectivity index (χ3v) is 5.11. The third-order valence-electron chi connectivity index (χ3n) is 2.69. The van der Waals surface area contributed by atoms with E-state index in [4.69, 9.17) is 4.74 Å². The first kappa shape index (κ1) is 16.9. The van der Waals surface area contributed by atoms with Crippen LogP contribution in [0.4, 0.5) is 0 Å². The summed E-state index contributed by atoms with van der Waals surface area (Å²) in [4.78, 5) is 13.0. The third kappa shape index (κ3) is 3.71. The quantitative estimate of drug-likeness (QED) is 0.786.